The lowest BCUT2D eigenvalue weighted by Crippen LogP contribution is -3.12. The number of quaternary nitrogens is 1. The second kappa shape index (κ2) is 6.55. The zero-order valence-corrected chi connectivity index (χ0v) is 16.7. The maximum absolute atomic E-state index is 5.67. The molecule has 0 bridgehead atoms. The average molecular weight is 387 g/mol. The summed E-state index contributed by atoms with van der Waals surface area (Å²) in [6, 6.07) is 8.92. The van der Waals surface area contributed by atoms with Gasteiger partial charge in [0.1, 0.15) is 11.9 Å². The van der Waals surface area contributed by atoms with E-state index in [1.165, 1.54) is 47.6 Å². The van der Waals surface area contributed by atoms with Crippen LogP contribution < -0.4 is 4.90 Å². The largest absolute Gasteiger partial charge is 0.308 e. The van der Waals surface area contributed by atoms with Crippen LogP contribution in [0.4, 0.5) is 0 Å². The molecule has 0 radical (unpaired) electrons. The van der Waals surface area contributed by atoms with Gasteiger partial charge in [-0.1, -0.05) is 12.1 Å². The van der Waals surface area contributed by atoms with Crippen molar-refractivity contribution in [3.8, 4) is 0 Å². The Bertz CT molecular complexity index is 964. The number of hydrogen-bond donors (Lipinski definition) is 1. The van der Waals surface area contributed by atoms with Gasteiger partial charge in [0.25, 0.3) is 0 Å². The van der Waals surface area contributed by atoms with E-state index in [4.69, 9.17) is 22.3 Å². The van der Waals surface area contributed by atoms with Crippen molar-refractivity contribution in [2.45, 2.75) is 50.7 Å². The predicted molar refractivity (Wildman–Crippen MR) is 106 cm³/mol. The molecule has 7 heteroatoms. The number of piperidine rings is 1. The van der Waals surface area contributed by atoms with Gasteiger partial charge >= 0.3 is 0 Å². The highest BCUT2D eigenvalue weighted by atomic mass is 32.1. The zero-order chi connectivity index (χ0) is 17.7. The van der Waals surface area contributed by atoms with E-state index in [-0.39, 0.29) is 0 Å². The summed E-state index contributed by atoms with van der Waals surface area (Å²) >= 11 is 7.53. The molecule has 2 aromatic heterocycles. The molecule has 1 aromatic carbocycles. The lowest BCUT2D eigenvalue weighted by atomic mass is 10.0. The molecule has 1 N–H and O–H groups in total. The van der Waals surface area contributed by atoms with Gasteiger partial charge in [0, 0.05) is 19.4 Å². The topological polar surface area (TPSA) is 40.1 Å². The van der Waals surface area contributed by atoms with Crippen LogP contribution in [0, 0.1) is 4.77 Å². The average Bonchev–Trinajstić information content (AvgIpc) is 3.35. The molecule has 5 nitrogen and oxygen atoms in total. The van der Waals surface area contributed by atoms with E-state index in [9.17, 15) is 0 Å². The van der Waals surface area contributed by atoms with Crippen LogP contribution in [-0.4, -0.2) is 25.9 Å². The van der Waals surface area contributed by atoms with Crippen molar-refractivity contribution >= 4 is 33.8 Å². The van der Waals surface area contributed by atoms with Crippen molar-refractivity contribution in [1.29, 1.82) is 0 Å². The van der Waals surface area contributed by atoms with Crippen LogP contribution in [0.15, 0.2) is 24.3 Å². The smallest absolute Gasteiger partial charge is 0.202 e. The number of para-hydroxylation sites is 1. The first kappa shape index (κ1) is 16.6. The van der Waals surface area contributed by atoms with E-state index in [2.05, 4.69) is 40.6 Å². The molecule has 1 aliphatic carbocycles. The Morgan fingerprint density at radius 2 is 2.08 bits per heavy atom. The van der Waals surface area contributed by atoms with E-state index in [1.54, 1.807) is 4.90 Å². The number of hydrogen-bond acceptors (Lipinski definition) is 4. The third kappa shape index (κ3) is 2.92. The third-order valence-corrected chi connectivity index (χ3v) is 7.35. The molecular formula is C19H24N5S2+. The Kier molecular flexibility index (Phi) is 4.18. The van der Waals surface area contributed by atoms with Gasteiger partial charge in [0.05, 0.1) is 16.8 Å². The number of aromatic nitrogens is 4. The van der Waals surface area contributed by atoms with Crippen LogP contribution in [0.1, 0.15) is 54.9 Å². The highest BCUT2D eigenvalue weighted by Crippen LogP contribution is 2.38. The van der Waals surface area contributed by atoms with Gasteiger partial charge in [-0.3, -0.25) is 0 Å². The van der Waals surface area contributed by atoms with E-state index in [0.29, 0.717) is 12.0 Å². The maximum Gasteiger partial charge on any atom is 0.202 e. The van der Waals surface area contributed by atoms with Crippen molar-refractivity contribution in [2.24, 2.45) is 7.05 Å². The number of thiazole rings is 1. The Hall–Kier alpha value is -1.57. The summed E-state index contributed by atoms with van der Waals surface area (Å²) in [5.41, 5.74) is 1.13. The summed E-state index contributed by atoms with van der Waals surface area (Å²) in [5, 5.41) is 6.14. The summed E-state index contributed by atoms with van der Waals surface area (Å²) in [4.78, 5) is 6.50. The second-order valence-corrected chi connectivity index (χ2v) is 9.04. The molecule has 136 valence electrons. The minimum atomic E-state index is 0.453. The van der Waals surface area contributed by atoms with E-state index in [0.717, 1.165) is 23.5 Å². The maximum atomic E-state index is 5.67. The van der Waals surface area contributed by atoms with Crippen molar-refractivity contribution in [2.75, 3.05) is 6.54 Å². The molecule has 1 saturated carbocycles. The lowest BCUT2D eigenvalue weighted by Gasteiger charge is -2.30. The van der Waals surface area contributed by atoms with Gasteiger partial charge in [-0.25, -0.2) is 4.98 Å². The molecule has 5 rings (SSSR count). The predicted octanol–water partition coefficient (Wildman–Crippen LogP) is 3.21. The van der Waals surface area contributed by atoms with Crippen LogP contribution in [0.25, 0.3) is 10.2 Å². The van der Waals surface area contributed by atoms with Gasteiger partial charge < -0.3 is 9.47 Å². The van der Waals surface area contributed by atoms with Crippen molar-refractivity contribution < 1.29 is 4.90 Å². The van der Waals surface area contributed by atoms with Crippen molar-refractivity contribution in [3.05, 3.63) is 39.9 Å². The molecule has 1 aliphatic heterocycles. The van der Waals surface area contributed by atoms with Crippen LogP contribution in [0.5, 0.6) is 0 Å². The SMILES string of the molecule is Cn1c(C2CC2)nn(C[NH+]2CCCC[C@H]2c2nc3ccccc3s2)c1=S. The van der Waals surface area contributed by atoms with E-state index < -0.39 is 0 Å². The molecule has 0 spiro atoms. The van der Waals surface area contributed by atoms with Crippen LogP contribution in [0.3, 0.4) is 0 Å². The van der Waals surface area contributed by atoms with E-state index >= 15 is 0 Å². The fourth-order valence-corrected chi connectivity index (χ4v) is 5.46. The zero-order valence-electron chi connectivity index (χ0n) is 15.0. The van der Waals surface area contributed by atoms with Crippen LogP contribution in [-0.2, 0) is 13.7 Å². The van der Waals surface area contributed by atoms with E-state index in [1.807, 2.05) is 11.3 Å². The number of benzene rings is 1. The molecule has 3 heterocycles. The molecule has 3 aromatic rings. The van der Waals surface area contributed by atoms with Gasteiger partial charge in [-0.2, -0.15) is 9.78 Å². The standard InChI is InChI=1S/C19H23N5S2/c1-22-17(13-9-10-13)21-24(19(22)25)12-23-11-5-4-7-15(23)18-20-14-6-2-3-8-16(14)26-18/h2-3,6,8,13,15H,4-5,7,9-12H2,1H3/p+1/t15-/m0/s1. The molecule has 1 unspecified atom stereocenters. The second-order valence-electron chi connectivity index (χ2n) is 7.61. The normalized spacial score (nSPS) is 23.6. The molecule has 26 heavy (non-hydrogen) atoms. The summed E-state index contributed by atoms with van der Waals surface area (Å²) in [6.07, 6.45) is 6.26. The van der Waals surface area contributed by atoms with Crippen LogP contribution >= 0.6 is 23.6 Å². The van der Waals surface area contributed by atoms with Gasteiger partial charge in [-0.15, -0.1) is 11.3 Å². The van der Waals surface area contributed by atoms with Gasteiger partial charge in [0.15, 0.2) is 11.7 Å². The Balaban J connectivity index is 1.45. The first-order valence-corrected chi connectivity index (χ1v) is 10.8. The molecule has 2 aliphatic rings. The number of nitrogens with zero attached hydrogens (tertiary/aromatic N) is 4. The minimum Gasteiger partial charge on any atom is -0.308 e. The van der Waals surface area contributed by atoms with Gasteiger partial charge in [-0.05, 0) is 50.0 Å². The first-order chi connectivity index (χ1) is 12.7. The number of likely N-dealkylation sites (tertiary alicyclic amines) is 1. The minimum absolute atomic E-state index is 0.453. The summed E-state index contributed by atoms with van der Waals surface area (Å²) < 4.78 is 6.32. The molecule has 0 amide bonds. The Morgan fingerprint density at radius 1 is 1.23 bits per heavy atom. The first-order valence-electron chi connectivity index (χ1n) is 9.54. The van der Waals surface area contributed by atoms with Crippen molar-refractivity contribution in [3.63, 3.8) is 0 Å². The fourth-order valence-electron chi connectivity index (χ4n) is 4.10. The molecular weight excluding hydrogens is 362 g/mol. The molecule has 1 saturated heterocycles. The Labute approximate surface area is 162 Å². The number of fused-ring (bicyclic) bond motifs is 1. The number of rotatable bonds is 4. The van der Waals surface area contributed by atoms with Crippen molar-refractivity contribution in [1.82, 2.24) is 19.3 Å². The summed E-state index contributed by atoms with van der Waals surface area (Å²) in [6.45, 7) is 2.01. The Morgan fingerprint density at radius 3 is 2.88 bits per heavy atom. The molecule has 2 fully saturated rings. The fraction of sp³-hybridized carbons (Fsp3) is 0.526. The van der Waals surface area contributed by atoms with Crippen LogP contribution in [0.2, 0.25) is 0 Å². The third-order valence-electron chi connectivity index (χ3n) is 5.71. The summed E-state index contributed by atoms with van der Waals surface area (Å²) in [5.74, 6) is 1.79. The quantitative estimate of drug-likeness (QED) is 0.700. The van der Waals surface area contributed by atoms with Gasteiger partial charge in [0.2, 0.25) is 4.77 Å². The number of nitrogens with one attached hydrogen (secondary N) is 1. The highest BCUT2D eigenvalue weighted by Gasteiger charge is 2.33. The highest BCUT2D eigenvalue weighted by molar-refractivity contribution is 7.71. The monoisotopic (exact) mass is 386 g/mol. The summed E-state index contributed by atoms with van der Waals surface area (Å²) in [7, 11) is 2.07. The molecule has 2 atom stereocenters. The lowest BCUT2D eigenvalue weighted by molar-refractivity contribution is -0.959.